The van der Waals surface area contributed by atoms with E-state index in [1.54, 1.807) is 4.90 Å². The van der Waals surface area contributed by atoms with E-state index in [4.69, 9.17) is 4.65 Å². The Morgan fingerprint density at radius 3 is 2.35 bits per heavy atom. The van der Waals surface area contributed by atoms with Crippen LogP contribution in [0.2, 0.25) is 6.32 Å². The number of benzene rings is 2. The standard InChI is InChI=1S/C40H53BN2O5/c1-5-10-28(22-30-20-26(3)38(44)27(4)21-30)14-15-35-36-31(11-6-2)23-33-37(34(36)24-41(47)48-35)40(46)43(39(33)45)32-16-18-42(19-17-32)25-29-12-8-7-9-13-29/h7-9,12-13,20-22,32-35,37,44,47H,5-6,10-11,14-19,23-25H2,1-4H3/b28-22+/t33-,34+,35-,37-/m1/s1. The summed E-state index contributed by atoms with van der Waals surface area (Å²) in [6, 6.07) is 14.5. The van der Waals surface area contributed by atoms with E-state index in [1.807, 2.05) is 32.0 Å². The number of fused-ring (bicyclic) bond motifs is 3. The maximum absolute atomic E-state index is 14.3. The van der Waals surface area contributed by atoms with Crippen molar-refractivity contribution in [2.75, 3.05) is 13.1 Å². The van der Waals surface area contributed by atoms with Crippen LogP contribution in [0.25, 0.3) is 6.08 Å². The maximum Gasteiger partial charge on any atom is 0.455 e. The fourth-order valence-corrected chi connectivity index (χ4v) is 9.08. The molecule has 2 N–H and O–H groups in total. The second kappa shape index (κ2) is 15.1. The van der Waals surface area contributed by atoms with Gasteiger partial charge in [0.2, 0.25) is 11.8 Å². The van der Waals surface area contributed by atoms with Crippen LogP contribution < -0.4 is 0 Å². The van der Waals surface area contributed by atoms with Crippen LogP contribution in [0.15, 0.2) is 59.2 Å². The number of rotatable bonds is 11. The smallest absolute Gasteiger partial charge is 0.455 e. The van der Waals surface area contributed by atoms with Crippen molar-refractivity contribution in [3.8, 4) is 5.75 Å². The quantitative estimate of drug-likeness (QED) is 0.151. The number of likely N-dealkylation sites (tertiary alicyclic amines) is 2. The maximum atomic E-state index is 14.3. The molecule has 0 unspecified atom stereocenters. The van der Waals surface area contributed by atoms with Crippen LogP contribution in [-0.2, 0) is 20.8 Å². The Bertz CT molecular complexity index is 1520. The molecule has 0 bridgehead atoms. The molecule has 0 radical (unpaired) electrons. The second-order valence-electron chi connectivity index (χ2n) is 14.7. The van der Waals surface area contributed by atoms with Crippen LogP contribution in [0.3, 0.4) is 0 Å². The zero-order valence-corrected chi connectivity index (χ0v) is 29.3. The number of phenols is 1. The molecule has 1 aliphatic carbocycles. The molecule has 0 aromatic heterocycles. The third kappa shape index (κ3) is 7.22. The van der Waals surface area contributed by atoms with Crippen LogP contribution >= 0.6 is 0 Å². The number of hydrogen-bond donors (Lipinski definition) is 2. The van der Waals surface area contributed by atoms with Gasteiger partial charge in [0.15, 0.2) is 0 Å². The fourth-order valence-electron chi connectivity index (χ4n) is 9.08. The molecular weight excluding hydrogens is 599 g/mol. The van der Waals surface area contributed by atoms with E-state index in [-0.39, 0.29) is 35.8 Å². The number of aromatic hydroxyl groups is 1. The van der Waals surface area contributed by atoms with Crippen molar-refractivity contribution in [3.05, 3.63) is 81.4 Å². The summed E-state index contributed by atoms with van der Waals surface area (Å²) in [5.41, 5.74) is 7.88. The molecule has 3 aliphatic heterocycles. The SMILES string of the molecule is CCCC1=C2[C@@H](CC/C(=C/c3cc(C)c(O)c(C)c3)CCC)OB(O)C[C@@H]2[C@@H]2C(=O)N(C3CCN(Cc4ccccc4)CC3)C(=O)[C@@H]2C1. The van der Waals surface area contributed by atoms with E-state index in [1.165, 1.54) is 22.3 Å². The van der Waals surface area contributed by atoms with Gasteiger partial charge >= 0.3 is 7.12 Å². The van der Waals surface area contributed by atoms with Gasteiger partial charge in [0, 0.05) is 25.7 Å². The third-order valence-corrected chi connectivity index (χ3v) is 11.2. The van der Waals surface area contributed by atoms with Crippen molar-refractivity contribution in [1.29, 1.82) is 0 Å². The van der Waals surface area contributed by atoms with Crippen LogP contribution in [0, 0.1) is 31.6 Å². The summed E-state index contributed by atoms with van der Waals surface area (Å²) in [5.74, 6) is -0.591. The van der Waals surface area contributed by atoms with Crippen LogP contribution in [0.1, 0.15) is 93.9 Å². The molecule has 0 saturated carbocycles. The lowest BCUT2D eigenvalue weighted by Gasteiger charge is -2.43. The lowest BCUT2D eigenvalue weighted by Crippen LogP contribution is -2.48. The summed E-state index contributed by atoms with van der Waals surface area (Å²) >= 11 is 0. The van der Waals surface area contributed by atoms with Gasteiger partial charge in [-0.25, -0.2) is 0 Å². The number of amides is 2. The predicted molar refractivity (Wildman–Crippen MR) is 191 cm³/mol. The fraction of sp³-hybridized carbons (Fsp3) is 0.550. The molecule has 2 aromatic rings. The van der Waals surface area contributed by atoms with Crippen molar-refractivity contribution < 1.29 is 24.4 Å². The summed E-state index contributed by atoms with van der Waals surface area (Å²) in [7, 11) is -0.954. The highest BCUT2D eigenvalue weighted by Crippen LogP contribution is 2.52. The van der Waals surface area contributed by atoms with Crippen LogP contribution in [-0.4, -0.2) is 64.1 Å². The first kappa shape index (κ1) is 34.7. The summed E-state index contributed by atoms with van der Waals surface area (Å²) in [6.07, 6.45) is 9.91. The van der Waals surface area contributed by atoms with Gasteiger partial charge in [-0.2, -0.15) is 0 Å². The number of piperidine rings is 1. The third-order valence-electron chi connectivity index (χ3n) is 11.2. The van der Waals surface area contributed by atoms with Crippen LogP contribution in [0.5, 0.6) is 5.75 Å². The highest BCUT2D eigenvalue weighted by Gasteiger charge is 2.58. The number of nitrogens with zero attached hydrogens (tertiary/aromatic N) is 2. The Hall–Kier alpha value is -3.20. The molecule has 3 fully saturated rings. The van der Waals surface area contributed by atoms with E-state index in [0.29, 0.717) is 18.5 Å². The first-order valence-corrected chi connectivity index (χ1v) is 18.4. The van der Waals surface area contributed by atoms with Gasteiger partial charge < -0.3 is 14.8 Å². The minimum absolute atomic E-state index is 0.00402. The van der Waals surface area contributed by atoms with Crippen molar-refractivity contribution in [2.24, 2.45) is 17.8 Å². The van der Waals surface area contributed by atoms with Crippen molar-refractivity contribution in [3.63, 3.8) is 0 Å². The number of hydrogen-bond acceptors (Lipinski definition) is 6. The Balaban J connectivity index is 1.19. The first-order valence-electron chi connectivity index (χ1n) is 18.4. The van der Waals surface area contributed by atoms with E-state index in [2.05, 4.69) is 49.1 Å². The van der Waals surface area contributed by atoms with E-state index in [9.17, 15) is 19.7 Å². The number of imide groups is 1. The van der Waals surface area contributed by atoms with Crippen molar-refractivity contribution >= 4 is 25.0 Å². The van der Waals surface area contributed by atoms with E-state index < -0.39 is 13.0 Å². The zero-order valence-electron chi connectivity index (χ0n) is 29.3. The lowest BCUT2D eigenvalue weighted by atomic mass is 9.58. The van der Waals surface area contributed by atoms with Gasteiger partial charge in [-0.15, -0.1) is 0 Å². The molecule has 4 atom stereocenters. The number of carbonyl (C=O) groups excluding carboxylic acids is 2. The average Bonchev–Trinajstić information content (AvgIpc) is 3.32. The van der Waals surface area contributed by atoms with Crippen molar-refractivity contribution in [2.45, 2.75) is 110 Å². The minimum Gasteiger partial charge on any atom is -0.507 e. The molecule has 2 amide bonds. The summed E-state index contributed by atoms with van der Waals surface area (Å²) in [6.45, 7) is 10.8. The van der Waals surface area contributed by atoms with Crippen molar-refractivity contribution in [1.82, 2.24) is 9.80 Å². The topological polar surface area (TPSA) is 90.3 Å². The number of allylic oxidation sites excluding steroid dienone is 2. The van der Waals surface area contributed by atoms with Gasteiger partial charge in [-0.3, -0.25) is 19.4 Å². The highest BCUT2D eigenvalue weighted by atomic mass is 16.5. The van der Waals surface area contributed by atoms with Gasteiger partial charge in [-0.1, -0.05) is 74.2 Å². The Labute approximate surface area is 287 Å². The molecule has 2 aromatic carbocycles. The van der Waals surface area contributed by atoms with Gasteiger partial charge in [-0.05, 0) is 111 Å². The lowest BCUT2D eigenvalue weighted by molar-refractivity contribution is -0.144. The molecule has 3 saturated heterocycles. The number of phenolic OH excluding ortho intramolecular Hbond substituents is 1. The largest absolute Gasteiger partial charge is 0.507 e. The monoisotopic (exact) mass is 652 g/mol. The molecular formula is C40H53BN2O5. The minimum atomic E-state index is -0.954. The first-order chi connectivity index (χ1) is 23.2. The molecule has 48 heavy (non-hydrogen) atoms. The van der Waals surface area contributed by atoms with Gasteiger partial charge in [0.05, 0.1) is 17.9 Å². The van der Waals surface area contributed by atoms with E-state index in [0.717, 1.165) is 87.7 Å². The van der Waals surface area contributed by atoms with E-state index >= 15 is 0 Å². The summed E-state index contributed by atoms with van der Waals surface area (Å²) < 4.78 is 6.30. The molecule has 6 rings (SSSR count). The molecule has 7 nitrogen and oxygen atoms in total. The summed E-state index contributed by atoms with van der Waals surface area (Å²) in [5, 5.41) is 21.3. The zero-order chi connectivity index (χ0) is 33.9. The van der Waals surface area contributed by atoms with Gasteiger partial charge in [0.1, 0.15) is 5.75 Å². The normalized spacial score (nSPS) is 25.6. The summed E-state index contributed by atoms with van der Waals surface area (Å²) in [4.78, 5) is 32.5. The predicted octanol–water partition coefficient (Wildman–Crippen LogP) is 7.23. The number of carbonyl (C=O) groups is 2. The molecule has 0 spiro atoms. The molecule has 4 aliphatic rings. The molecule has 3 heterocycles. The number of aryl methyl sites for hydroxylation is 2. The highest BCUT2D eigenvalue weighted by molar-refractivity contribution is 6.43. The second-order valence-corrected chi connectivity index (χ2v) is 14.7. The molecule has 8 heteroatoms. The molecule has 256 valence electrons. The Kier molecular flexibility index (Phi) is 10.9. The Morgan fingerprint density at radius 2 is 1.69 bits per heavy atom. The van der Waals surface area contributed by atoms with Gasteiger partial charge in [0.25, 0.3) is 0 Å². The average molecular weight is 653 g/mol. The van der Waals surface area contributed by atoms with Crippen LogP contribution in [0.4, 0.5) is 0 Å². The Morgan fingerprint density at radius 1 is 0.979 bits per heavy atom.